The van der Waals surface area contributed by atoms with Gasteiger partial charge >= 0.3 is 0 Å². The molecule has 0 N–H and O–H groups in total. The number of hydrogen-bond acceptors (Lipinski definition) is 2. The van der Waals surface area contributed by atoms with Crippen LogP contribution in [0, 0.1) is 13.8 Å². The molecule has 0 saturated carbocycles. The van der Waals surface area contributed by atoms with Crippen LogP contribution in [0.15, 0.2) is 46.9 Å². The highest BCUT2D eigenvalue weighted by Gasteiger charge is 2.12. The van der Waals surface area contributed by atoms with Crippen molar-refractivity contribution in [3.05, 3.63) is 69.2 Å². The fourth-order valence-corrected chi connectivity index (χ4v) is 2.59. The molecule has 0 unspecified atom stereocenters. The molecule has 0 spiro atoms. The van der Waals surface area contributed by atoms with Gasteiger partial charge in [-0.05, 0) is 50.2 Å². The predicted molar refractivity (Wildman–Crippen MR) is 90.7 cm³/mol. The zero-order valence-electron chi connectivity index (χ0n) is 12.7. The number of benzene rings is 2. The highest BCUT2D eigenvalue weighted by Crippen LogP contribution is 2.14. The topological polar surface area (TPSA) is 20.3 Å². The van der Waals surface area contributed by atoms with Gasteiger partial charge in [-0.3, -0.25) is 9.69 Å². The molecule has 0 amide bonds. The van der Waals surface area contributed by atoms with Crippen LogP contribution in [0.5, 0.6) is 0 Å². The number of carbonyl (C=O) groups excluding carboxylic acids is 1. The molecule has 2 nitrogen and oxygen atoms in total. The summed E-state index contributed by atoms with van der Waals surface area (Å²) in [4.78, 5) is 14.5. The maximum absolute atomic E-state index is 12.4. The molecule has 0 radical (unpaired) electrons. The van der Waals surface area contributed by atoms with Crippen molar-refractivity contribution in [1.82, 2.24) is 4.90 Å². The lowest BCUT2D eigenvalue weighted by Gasteiger charge is -2.17. The van der Waals surface area contributed by atoms with E-state index in [1.807, 2.05) is 56.1 Å². The summed E-state index contributed by atoms with van der Waals surface area (Å²) in [6.07, 6.45) is 0. The molecule has 2 aromatic carbocycles. The van der Waals surface area contributed by atoms with Gasteiger partial charge in [0.25, 0.3) is 0 Å². The normalized spacial score (nSPS) is 10.9. The van der Waals surface area contributed by atoms with Gasteiger partial charge in [0.15, 0.2) is 5.78 Å². The molecule has 0 aliphatic rings. The maximum atomic E-state index is 12.4. The van der Waals surface area contributed by atoms with Crippen LogP contribution in [0.25, 0.3) is 0 Å². The molecule has 0 aliphatic heterocycles. The first-order chi connectivity index (χ1) is 9.95. The molecule has 0 atom stereocenters. The van der Waals surface area contributed by atoms with E-state index in [0.717, 1.165) is 27.7 Å². The lowest BCUT2D eigenvalue weighted by molar-refractivity contribution is 0.0942. The van der Waals surface area contributed by atoms with Crippen molar-refractivity contribution in [3.63, 3.8) is 0 Å². The fourth-order valence-electron chi connectivity index (χ4n) is 2.32. The van der Waals surface area contributed by atoms with E-state index in [-0.39, 0.29) is 5.78 Å². The standard InChI is InChI=1S/C18H20BrNO/c1-13-4-5-14(2)17(10-13)18(21)12-20(3)11-15-6-8-16(19)9-7-15/h4-10H,11-12H2,1-3H3. The minimum atomic E-state index is 0.177. The van der Waals surface area contributed by atoms with Gasteiger partial charge < -0.3 is 0 Å². The second-order valence-electron chi connectivity index (χ2n) is 5.54. The highest BCUT2D eigenvalue weighted by molar-refractivity contribution is 9.10. The number of rotatable bonds is 5. The molecule has 0 aliphatic carbocycles. The molecule has 0 bridgehead atoms. The summed E-state index contributed by atoms with van der Waals surface area (Å²) in [5.74, 6) is 0.177. The third kappa shape index (κ3) is 4.51. The van der Waals surface area contributed by atoms with E-state index in [1.54, 1.807) is 0 Å². The Kier molecular flexibility index (Phi) is 5.32. The molecule has 21 heavy (non-hydrogen) atoms. The van der Waals surface area contributed by atoms with Crippen LogP contribution < -0.4 is 0 Å². The van der Waals surface area contributed by atoms with Crippen LogP contribution in [0.3, 0.4) is 0 Å². The zero-order valence-corrected chi connectivity index (χ0v) is 14.3. The van der Waals surface area contributed by atoms with Crippen molar-refractivity contribution in [2.24, 2.45) is 0 Å². The minimum Gasteiger partial charge on any atom is -0.295 e. The number of hydrogen-bond donors (Lipinski definition) is 0. The van der Waals surface area contributed by atoms with E-state index < -0.39 is 0 Å². The summed E-state index contributed by atoms with van der Waals surface area (Å²) in [7, 11) is 1.98. The molecule has 0 heterocycles. The first-order valence-corrected chi connectivity index (χ1v) is 7.78. The van der Waals surface area contributed by atoms with Gasteiger partial charge in [0.05, 0.1) is 6.54 Å². The van der Waals surface area contributed by atoms with E-state index in [0.29, 0.717) is 6.54 Å². The summed E-state index contributed by atoms with van der Waals surface area (Å²) < 4.78 is 1.07. The number of halogens is 1. The maximum Gasteiger partial charge on any atom is 0.177 e. The molecular weight excluding hydrogens is 326 g/mol. The van der Waals surface area contributed by atoms with E-state index in [4.69, 9.17) is 0 Å². The van der Waals surface area contributed by atoms with Crippen LogP contribution in [-0.4, -0.2) is 24.3 Å². The van der Waals surface area contributed by atoms with Crippen molar-refractivity contribution in [2.75, 3.05) is 13.6 Å². The summed E-state index contributed by atoms with van der Waals surface area (Å²) in [5, 5.41) is 0. The number of likely N-dealkylation sites (N-methyl/N-ethyl adjacent to an activating group) is 1. The van der Waals surface area contributed by atoms with Crippen LogP contribution in [-0.2, 0) is 6.54 Å². The van der Waals surface area contributed by atoms with Crippen LogP contribution in [0.4, 0.5) is 0 Å². The van der Waals surface area contributed by atoms with Crippen molar-refractivity contribution in [3.8, 4) is 0 Å². The fraction of sp³-hybridized carbons (Fsp3) is 0.278. The largest absolute Gasteiger partial charge is 0.295 e. The number of Topliss-reactive ketones (excluding diaryl/α,β-unsaturated/α-hetero) is 1. The Hall–Kier alpha value is -1.45. The Labute approximate surface area is 134 Å². The number of nitrogens with zero attached hydrogens (tertiary/aromatic N) is 1. The monoisotopic (exact) mass is 345 g/mol. The third-order valence-corrected chi connectivity index (χ3v) is 4.00. The summed E-state index contributed by atoms with van der Waals surface area (Å²) in [5.41, 5.74) is 4.20. The summed E-state index contributed by atoms with van der Waals surface area (Å²) in [6, 6.07) is 14.2. The van der Waals surface area contributed by atoms with Crippen LogP contribution in [0.1, 0.15) is 27.0 Å². The van der Waals surface area contributed by atoms with Gasteiger partial charge in [0.1, 0.15) is 0 Å². The number of carbonyl (C=O) groups is 1. The van der Waals surface area contributed by atoms with Crippen LogP contribution >= 0.6 is 15.9 Å². The zero-order chi connectivity index (χ0) is 15.4. The Morgan fingerprint density at radius 3 is 2.43 bits per heavy atom. The third-order valence-electron chi connectivity index (χ3n) is 3.47. The molecule has 3 heteroatoms. The van der Waals surface area contributed by atoms with E-state index in [2.05, 4.69) is 28.1 Å². The molecule has 110 valence electrons. The van der Waals surface area contributed by atoms with Crippen molar-refractivity contribution in [1.29, 1.82) is 0 Å². The average molecular weight is 346 g/mol. The van der Waals surface area contributed by atoms with Gasteiger partial charge in [0, 0.05) is 16.6 Å². The Bertz CT molecular complexity index is 634. The molecule has 2 aromatic rings. The molecule has 0 fully saturated rings. The van der Waals surface area contributed by atoms with Gasteiger partial charge in [-0.1, -0.05) is 45.8 Å². The average Bonchev–Trinajstić information content (AvgIpc) is 2.44. The molecule has 0 aromatic heterocycles. The molecule has 0 saturated heterocycles. The van der Waals surface area contributed by atoms with Crippen LogP contribution in [0.2, 0.25) is 0 Å². The number of ketones is 1. The molecular formula is C18H20BrNO. The van der Waals surface area contributed by atoms with Crippen molar-refractivity contribution in [2.45, 2.75) is 20.4 Å². The Morgan fingerprint density at radius 1 is 1.10 bits per heavy atom. The lowest BCUT2D eigenvalue weighted by atomic mass is 10.0. The second-order valence-corrected chi connectivity index (χ2v) is 6.46. The highest BCUT2D eigenvalue weighted by atomic mass is 79.9. The smallest absolute Gasteiger partial charge is 0.177 e. The number of aryl methyl sites for hydroxylation is 2. The first-order valence-electron chi connectivity index (χ1n) is 6.99. The first kappa shape index (κ1) is 15.9. The van der Waals surface area contributed by atoms with E-state index >= 15 is 0 Å². The summed E-state index contributed by atoms with van der Waals surface area (Å²) in [6.45, 7) is 5.20. The quantitative estimate of drug-likeness (QED) is 0.749. The van der Waals surface area contributed by atoms with E-state index in [9.17, 15) is 4.79 Å². The SMILES string of the molecule is Cc1ccc(C)c(C(=O)CN(C)Cc2ccc(Br)cc2)c1. The van der Waals surface area contributed by atoms with Gasteiger partial charge in [-0.15, -0.1) is 0 Å². The van der Waals surface area contributed by atoms with Gasteiger partial charge in [-0.25, -0.2) is 0 Å². The predicted octanol–water partition coefficient (Wildman–Crippen LogP) is 4.38. The molecule has 2 rings (SSSR count). The van der Waals surface area contributed by atoms with E-state index in [1.165, 1.54) is 5.56 Å². The van der Waals surface area contributed by atoms with Gasteiger partial charge in [0.2, 0.25) is 0 Å². The lowest BCUT2D eigenvalue weighted by Crippen LogP contribution is -2.26. The Morgan fingerprint density at radius 2 is 1.76 bits per heavy atom. The van der Waals surface area contributed by atoms with Crippen molar-refractivity contribution >= 4 is 21.7 Å². The second kappa shape index (κ2) is 7.01. The van der Waals surface area contributed by atoms with Crippen molar-refractivity contribution < 1.29 is 4.79 Å². The Balaban J connectivity index is 2.01. The minimum absolute atomic E-state index is 0.177. The van der Waals surface area contributed by atoms with Gasteiger partial charge in [-0.2, -0.15) is 0 Å². The summed E-state index contributed by atoms with van der Waals surface area (Å²) >= 11 is 3.43.